The number of thioether (sulfide) groups is 1. The van der Waals surface area contributed by atoms with Crippen LogP contribution in [0.15, 0.2) is 41.6 Å². The molecule has 0 aliphatic rings. The predicted molar refractivity (Wildman–Crippen MR) is 125 cm³/mol. The highest BCUT2D eigenvalue weighted by Gasteiger charge is 2.14. The summed E-state index contributed by atoms with van der Waals surface area (Å²) in [6.45, 7) is 10.4. The van der Waals surface area contributed by atoms with Gasteiger partial charge in [-0.3, -0.25) is 9.20 Å². The van der Waals surface area contributed by atoms with Gasteiger partial charge in [-0.25, -0.2) is 0 Å². The van der Waals surface area contributed by atoms with Crippen molar-refractivity contribution in [2.75, 3.05) is 11.1 Å². The topological polar surface area (TPSA) is 59.3 Å². The number of fused-ring (bicyclic) bond motifs is 3. The van der Waals surface area contributed by atoms with Crippen LogP contribution in [0.1, 0.15) is 34.2 Å². The zero-order chi connectivity index (χ0) is 21.4. The molecule has 0 bridgehead atoms. The van der Waals surface area contributed by atoms with Crippen molar-refractivity contribution in [3.8, 4) is 0 Å². The molecule has 0 saturated carbocycles. The highest BCUT2D eigenvalue weighted by atomic mass is 32.2. The van der Waals surface area contributed by atoms with Gasteiger partial charge in [-0.2, -0.15) is 0 Å². The summed E-state index contributed by atoms with van der Waals surface area (Å²) in [4.78, 5) is 12.4. The van der Waals surface area contributed by atoms with Crippen molar-refractivity contribution in [1.82, 2.24) is 14.6 Å². The van der Waals surface area contributed by atoms with Crippen molar-refractivity contribution in [3.63, 3.8) is 0 Å². The average molecular weight is 419 g/mol. The largest absolute Gasteiger partial charge is 0.326 e. The van der Waals surface area contributed by atoms with Crippen molar-refractivity contribution in [3.05, 3.63) is 64.2 Å². The second-order valence-corrected chi connectivity index (χ2v) is 8.94. The number of nitrogens with zero attached hydrogens (tertiary/aromatic N) is 3. The van der Waals surface area contributed by atoms with E-state index in [2.05, 4.69) is 58.9 Å². The molecule has 5 nitrogen and oxygen atoms in total. The van der Waals surface area contributed by atoms with E-state index < -0.39 is 0 Å². The van der Waals surface area contributed by atoms with Gasteiger partial charge >= 0.3 is 0 Å². The van der Waals surface area contributed by atoms with Crippen LogP contribution in [0.3, 0.4) is 0 Å². The Morgan fingerprint density at radius 3 is 2.60 bits per heavy atom. The SMILES string of the molecule is Cc1cc(C)c2c(c1)c(C)cc1nnc(SCCC(=O)Nc3cccc(C)c3C)n12. The van der Waals surface area contributed by atoms with Gasteiger partial charge < -0.3 is 5.32 Å². The number of hydrogen-bond donors (Lipinski definition) is 1. The summed E-state index contributed by atoms with van der Waals surface area (Å²) < 4.78 is 2.12. The molecule has 0 spiro atoms. The van der Waals surface area contributed by atoms with Crippen molar-refractivity contribution in [2.24, 2.45) is 0 Å². The van der Waals surface area contributed by atoms with E-state index in [4.69, 9.17) is 0 Å². The lowest BCUT2D eigenvalue weighted by atomic mass is 10.0. The maximum Gasteiger partial charge on any atom is 0.225 e. The van der Waals surface area contributed by atoms with Gasteiger partial charge in [-0.15, -0.1) is 10.2 Å². The number of anilines is 1. The minimum Gasteiger partial charge on any atom is -0.326 e. The molecule has 0 radical (unpaired) electrons. The molecule has 4 aromatic rings. The first-order chi connectivity index (χ1) is 14.3. The van der Waals surface area contributed by atoms with Gasteiger partial charge in [-0.1, -0.05) is 35.5 Å². The highest BCUT2D eigenvalue weighted by molar-refractivity contribution is 7.99. The Morgan fingerprint density at radius 1 is 1.00 bits per heavy atom. The van der Waals surface area contributed by atoms with Gasteiger partial charge in [0.05, 0.1) is 5.52 Å². The van der Waals surface area contributed by atoms with Gasteiger partial charge in [-0.05, 0) is 75.1 Å². The van der Waals surface area contributed by atoms with Crippen LogP contribution < -0.4 is 5.32 Å². The van der Waals surface area contributed by atoms with Crippen LogP contribution in [0, 0.1) is 34.6 Å². The van der Waals surface area contributed by atoms with E-state index in [1.54, 1.807) is 11.8 Å². The van der Waals surface area contributed by atoms with Gasteiger partial charge in [0.1, 0.15) is 0 Å². The molecule has 154 valence electrons. The molecule has 30 heavy (non-hydrogen) atoms. The zero-order valence-corrected chi connectivity index (χ0v) is 18.9. The molecule has 1 N–H and O–H groups in total. The van der Waals surface area contributed by atoms with E-state index in [1.165, 1.54) is 27.6 Å². The maximum atomic E-state index is 12.4. The lowest BCUT2D eigenvalue weighted by Crippen LogP contribution is -2.13. The Balaban J connectivity index is 1.54. The normalized spacial score (nSPS) is 11.4. The minimum atomic E-state index is 0.0116. The monoisotopic (exact) mass is 418 g/mol. The molecule has 0 aliphatic carbocycles. The lowest BCUT2D eigenvalue weighted by Gasteiger charge is -2.12. The first kappa shape index (κ1) is 20.4. The lowest BCUT2D eigenvalue weighted by molar-refractivity contribution is -0.115. The van der Waals surface area contributed by atoms with E-state index in [-0.39, 0.29) is 5.91 Å². The molecule has 2 aromatic heterocycles. The van der Waals surface area contributed by atoms with Crippen LogP contribution in [0.4, 0.5) is 5.69 Å². The van der Waals surface area contributed by atoms with E-state index in [9.17, 15) is 4.79 Å². The summed E-state index contributed by atoms with van der Waals surface area (Å²) in [5, 5.41) is 13.8. The molecule has 2 aromatic carbocycles. The number of rotatable bonds is 5. The molecule has 4 rings (SSSR count). The number of benzene rings is 2. The van der Waals surface area contributed by atoms with Crippen molar-refractivity contribution in [1.29, 1.82) is 0 Å². The van der Waals surface area contributed by atoms with E-state index in [0.717, 1.165) is 27.6 Å². The van der Waals surface area contributed by atoms with E-state index >= 15 is 0 Å². The van der Waals surface area contributed by atoms with Crippen molar-refractivity contribution in [2.45, 2.75) is 46.2 Å². The number of aromatic nitrogens is 3. The van der Waals surface area contributed by atoms with Crippen LogP contribution in [0.5, 0.6) is 0 Å². The van der Waals surface area contributed by atoms with Crippen molar-refractivity contribution >= 4 is 39.9 Å². The van der Waals surface area contributed by atoms with Crippen molar-refractivity contribution < 1.29 is 4.79 Å². The summed E-state index contributed by atoms with van der Waals surface area (Å²) in [7, 11) is 0. The molecule has 1 amide bonds. The maximum absolute atomic E-state index is 12.4. The molecular weight excluding hydrogens is 392 g/mol. The predicted octanol–water partition coefficient (Wildman–Crippen LogP) is 5.55. The number of nitrogens with one attached hydrogen (secondary N) is 1. The van der Waals surface area contributed by atoms with Crippen LogP contribution in [0.25, 0.3) is 16.6 Å². The fourth-order valence-corrected chi connectivity index (χ4v) is 4.72. The number of amides is 1. The first-order valence-corrected chi connectivity index (χ1v) is 11.1. The Labute approximate surface area is 180 Å². The first-order valence-electron chi connectivity index (χ1n) is 10.1. The quantitative estimate of drug-likeness (QED) is 0.432. The third-order valence-corrected chi connectivity index (χ3v) is 6.47. The molecular formula is C24H26N4OS. The van der Waals surface area contributed by atoms with Gasteiger partial charge in [0.2, 0.25) is 5.91 Å². The van der Waals surface area contributed by atoms with Gasteiger partial charge in [0.25, 0.3) is 0 Å². The second-order valence-electron chi connectivity index (χ2n) is 7.88. The third-order valence-electron chi connectivity index (χ3n) is 5.54. The molecule has 0 aliphatic heterocycles. The smallest absolute Gasteiger partial charge is 0.225 e. The molecule has 0 unspecified atom stereocenters. The Bertz CT molecular complexity index is 1280. The summed E-state index contributed by atoms with van der Waals surface area (Å²) in [6.07, 6.45) is 0.412. The Hall–Kier alpha value is -2.86. The highest BCUT2D eigenvalue weighted by Crippen LogP contribution is 2.29. The third kappa shape index (κ3) is 3.79. The fourth-order valence-electron chi connectivity index (χ4n) is 3.84. The average Bonchev–Trinajstić information content (AvgIpc) is 3.08. The number of carbonyl (C=O) groups excluding carboxylic acids is 1. The van der Waals surface area contributed by atoms with E-state index in [1.807, 2.05) is 32.0 Å². The number of aryl methyl sites for hydroxylation is 4. The number of pyridine rings is 1. The van der Waals surface area contributed by atoms with Crippen LogP contribution in [0.2, 0.25) is 0 Å². The standard InChI is InChI=1S/C24H26N4OS/c1-14-11-17(4)23-19(12-14)16(3)13-21-26-27-24(28(21)23)30-10-9-22(29)25-20-8-6-7-15(2)18(20)5/h6-8,11-13H,9-10H2,1-5H3,(H,25,29). The Kier molecular flexibility index (Phi) is 5.52. The van der Waals surface area contributed by atoms with Crippen LogP contribution in [-0.2, 0) is 4.79 Å². The van der Waals surface area contributed by atoms with Gasteiger partial charge in [0.15, 0.2) is 10.8 Å². The summed E-state index contributed by atoms with van der Waals surface area (Å²) >= 11 is 1.56. The fraction of sp³-hybridized carbons (Fsp3) is 0.292. The zero-order valence-electron chi connectivity index (χ0n) is 18.0. The minimum absolute atomic E-state index is 0.0116. The molecule has 0 atom stereocenters. The van der Waals surface area contributed by atoms with Crippen LogP contribution >= 0.6 is 11.8 Å². The summed E-state index contributed by atoms with van der Waals surface area (Å²) in [5.74, 6) is 0.648. The Morgan fingerprint density at radius 2 is 1.80 bits per heavy atom. The summed E-state index contributed by atoms with van der Waals surface area (Å²) in [5.41, 5.74) is 8.78. The molecule has 0 saturated heterocycles. The summed E-state index contributed by atoms with van der Waals surface area (Å²) in [6, 6.07) is 12.4. The second kappa shape index (κ2) is 8.11. The molecule has 2 heterocycles. The number of hydrogen-bond acceptors (Lipinski definition) is 4. The van der Waals surface area contributed by atoms with Crippen LogP contribution in [-0.4, -0.2) is 26.3 Å². The molecule has 6 heteroatoms. The van der Waals surface area contributed by atoms with E-state index in [0.29, 0.717) is 12.2 Å². The number of carbonyl (C=O) groups is 1. The molecule has 0 fully saturated rings. The van der Waals surface area contributed by atoms with Gasteiger partial charge in [0, 0.05) is 23.2 Å².